The summed E-state index contributed by atoms with van der Waals surface area (Å²) in [5.74, 6) is 1.91. The molecule has 2 fully saturated rings. The van der Waals surface area contributed by atoms with Crippen LogP contribution in [-0.4, -0.2) is 83.5 Å². The molecule has 8 heteroatoms. The van der Waals surface area contributed by atoms with E-state index in [0.29, 0.717) is 24.0 Å². The maximum absolute atomic E-state index is 13.1. The van der Waals surface area contributed by atoms with E-state index < -0.39 is 0 Å². The fraction of sp³-hybridized carbons (Fsp3) is 0.560. The quantitative estimate of drug-likeness (QED) is 0.693. The van der Waals surface area contributed by atoms with Crippen molar-refractivity contribution in [2.45, 2.75) is 39.2 Å². The SMILES string of the molecule is Cc1cc(NC(=O)CN2CCN(C(C)C(=O)N3CCC(Cc4ccccc4)CC3)CC2)no1. The zero-order valence-electron chi connectivity index (χ0n) is 19.7. The van der Waals surface area contributed by atoms with E-state index in [9.17, 15) is 9.59 Å². The molecule has 1 N–H and O–H groups in total. The molecule has 33 heavy (non-hydrogen) atoms. The second-order valence-corrected chi connectivity index (χ2v) is 9.32. The van der Waals surface area contributed by atoms with Gasteiger partial charge in [0.05, 0.1) is 12.6 Å². The molecule has 1 atom stereocenters. The van der Waals surface area contributed by atoms with Crippen LogP contribution in [0.25, 0.3) is 0 Å². The standard InChI is InChI=1S/C25H35N5O3/c1-19-16-23(27-33-19)26-24(31)18-28-12-14-29(15-13-28)20(2)25(32)30-10-8-22(9-11-30)17-21-6-4-3-5-7-21/h3-7,16,20,22H,8-15,17-18H2,1-2H3,(H,26,27,31). The van der Waals surface area contributed by atoms with Gasteiger partial charge in [-0.1, -0.05) is 35.5 Å². The molecule has 178 valence electrons. The Kier molecular flexibility index (Phi) is 7.77. The minimum Gasteiger partial charge on any atom is -0.360 e. The average Bonchev–Trinajstić information content (AvgIpc) is 3.24. The van der Waals surface area contributed by atoms with Crippen LogP contribution in [0.1, 0.15) is 31.1 Å². The summed E-state index contributed by atoms with van der Waals surface area (Å²) in [5, 5.41) is 6.56. The van der Waals surface area contributed by atoms with Crippen LogP contribution in [0.4, 0.5) is 5.82 Å². The summed E-state index contributed by atoms with van der Waals surface area (Å²) in [7, 11) is 0. The number of amides is 2. The van der Waals surface area contributed by atoms with E-state index in [2.05, 4.69) is 50.6 Å². The molecule has 2 aliphatic heterocycles. The number of piperazine rings is 1. The lowest BCUT2D eigenvalue weighted by atomic mass is 9.90. The maximum Gasteiger partial charge on any atom is 0.239 e. The van der Waals surface area contributed by atoms with Crippen LogP contribution in [0.3, 0.4) is 0 Å². The highest BCUT2D eigenvalue weighted by atomic mass is 16.5. The summed E-state index contributed by atoms with van der Waals surface area (Å²) < 4.78 is 4.98. The van der Waals surface area contributed by atoms with Crippen molar-refractivity contribution >= 4 is 17.6 Å². The van der Waals surface area contributed by atoms with Crippen LogP contribution in [0.5, 0.6) is 0 Å². The minimum atomic E-state index is -0.121. The molecule has 1 unspecified atom stereocenters. The van der Waals surface area contributed by atoms with Crippen LogP contribution in [-0.2, 0) is 16.0 Å². The smallest absolute Gasteiger partial charge is 0.239 e. The fourth-order valence-corrected chi connectivity index (χ4v) is 4.84. The number of nitrogens with one attached hydrogen (secondary N) is 1. The second kappa shape index (κ2) is 10.9. The van der Waals surface area contributed by atoms with Gasteiger partial charge in [0.1, 0.15) is 5.76 Å². The van der Waals surface area contributed by atoms with Gasteiger partial charge in [0, 0.05) is 45.3 Å². The van der Waals surface area contributed by atoms with Crippen molar-refractivity contribution in [2.24, 2.45) is 5.92 Å². The van der Waals surface area contributed by atoms with Crippen LogP contribution in [0, 0.1) is 12.8 Å². The minimum absolute atomic E-state index is 0.0979. The van der Waals surface area contributed by atoms with E-state index in [1.165, 1.54) is 5.56 Å². The summed E-state index contributed by atoms with van der Waals surface area (Å²) in [6, 6.07) is 12.2. The molecule has 8 nitrogen and oxygen atoms in total. The molecule has 2 aromatic rings. The highest BCUT2D eigenvalue weighted by Gasteiger charge is 2.31. The highest BCUT2D eigenvalue weighted by Crippen LogP contribution is 2.23. The van der Waals surface area contributed by atoms with E-state index in [1.807, 2.05) is 11.8 Å². The Morgan fingerprint density at radius 1 is 1.09 bits per heavy atom. The summed E-state index contributed by atoms with van der Waals surface area (Å²) >= 11 is 0. The van der Waals surface area contributed by atoms with Gasteiger partial charge in [0.25, 0.3) is 0 Å². The van der Waals surface area contributed by atoms with Crippen LogP contribution >= 0.6 is 0 Å². The molecule has 0 saturated carbocycles. The average molecular weight is 454 g/mol. The topological polar surface area (TPSA) is 81.9 Å². The molecule has 2 amide bonds. The zero-order chi connectivity index (χ0) is 23.2. The van der Waals surface area contributed by atoms with E-state index in [0.717, 1.165) is 58.5 Å². The largest absolute Gasteiger partial charge is 0.360 e. The molecule has 1 aromatic carbocycles. The normalized spacial score (nSPS) is 19.4. The Balaban J connectivity index is 1.17. The molecule has 0 aliphatic carbocycles. The first kappa shape index (κ1) is 23.4. The first-order valence-corrected chi connectivity index (χ1v) is 12.0. The number of hydrogen-bond acceptors (Lipinski definition) is 6. The monoisotopic (exact) mass is 453 g/mol. The summed E-state index contributed by atoms with van der Waals surface area (Å²) in [5.41, 5.74) is 1.39. The van der Waals surface area contributed by atoms with Crippen molar-refractivity contribution < 1.29 is 14.1 Å². The number of rotatable bonds is 7. The van der Waals surface area contributed by atoms with Gasteiger partial charge in [0.15, 0.2) is 5.82 Å². The molecule has 3 heterocycles. The lowest BCUT2D eigenvalue weighted by Gasteiger charge is -2.40. The number of carbonyl (C=O) groups excluding carboxylic acids is 2. The molecular formula is C25H35N5O3. The Labute approximate surface area is 195 Å². The van der Waals surface area contributed by atoms with E-state index in [-0.39, 0.29) is 17.9 Å². The third-order valence-corrected chi connectivity index (χ3v) is 6.87. The van der Waals surface area contributed by atoms with Crippen molar-refractivity contribution in [3.63, 3.8) is 0 Å². The Bertz CT molecular complexity index is 915. The van der Waals surface area contributed by atoms with E-state index in [1.54, 1.807) is 13.0 Å². The number of piperidine rings is 1. The number of aromatic nitrogens is 1. The molecular weight excluding hydrogens is 418 g/mol. The van der Waals surface area contributed by atoms with E-state index >= 15 is 0 Å². The lowest BCUT2D eigenvalue weighted by molar-refractivity contribution is -0.138. The second-order valence-electron chi connectivity index (χ2n) is 9.32. The van der Waals surface area contributed by atoms with Crippen molar-refractivity contribution in [2.75, 3.05) is 51.1 Å². The molecule has 4 rings (SSSR count). The Morgan fingerprint density at radius 2 is 1.79 bits per heavy atom. The van der Waals surface area contributed by atoms with Crippen LogP contribution in [0.15, 0.2) is 40.9 Å². The van der Waals surface area contributed by atoms with Crippen LogP contribution in [0.2, 0.25) is 0 Å². The first-order valence-electron chi connectivity index (χ1n) is 12.0. The molecule has 2 aliphatic rings. The van der Waals surface area contributed by atoms with Gasteiger partial charge in [-0.25, -0.2) is 0 Å². The van der Waals surface area contributed by atoms with Crippen molar-refractivity contribution in [1.82, 2.24) is 19.9 Å². The summed E-state index contributed by atoms with van der Waals surface area (Å²) in [6.45, 7) is 8.93. The molecule has 0 bridgehead atoms. The summed E-state index contributed by atoms with van der Waals surface area (Å²) in [6.07, 6.45) is 3.24. The Hall–Kier alpha value is -2.71. The number of aryl methyl sites for hydroxylation is 1. The predicted molar refractivity (Wildman–Crippen MR) is 127 cm³/mol. The predicted octanol–water partition coefficient (Wildman–Crippen LogP) is 2.41. The van der Waals surface area contributed by atoms with Gasteiger partial charge in [-0.15, -0.1) is 0 Å². The number of likely N-dealkylation sites (tertiary alicyclic amines) is 1. The van der Waals surface area contributed by atoms with Gasteiger partial charge >= 0.3 is 0 Å². The fourth-order valence-electron chi connectivity index (χ4n) is 4.84. The number of anilines is 1. The number of benzene rings is 1. The van der Waals surface area contributed by atoms with Gasteiger partial charge in [-0.05, 0) is 44.6 Å². The number of hydrogen-bond donors (Lipinski definition) is 1. The van der Waals surface area contributed by atoms with E-state index in [4.69, 9.17) is 4.52 Å². The van der Waals surface area contributed by atoms with Gasteiger partial charge in [-0.2, -0.15) is 0 Å². The van der Waals surface area contributed by atoms with Gasteiger partial charge in [-0.3, -0.25) is 19.4 Å². The highest BCUT2D eigenvalue weighted by molar-refractivity contribution is 5.91. The summed E-state index contributed by atoms with van der Waals surface area (Å²) in [4.78, 5) is 31.8. The third kappa shape index (κ3) is 6.42. The van der Waals surface area contributed by atoms with Crippen molar-refractivity contribution in [1.29, 1.82) is 0 Å². The zero-order valence-corrected chi connectivity index (χ0v) is 19.7. The van der Waals surface area contributed by atoms with Crippen molar-refractivity contribution in [3.05, 3.63) is 47.7 Å². The molecule has 1 aromatic heterocycles. The van der Waals surface area contributed by atoms with Gasteiger partial charge < -0.3 is 14.7 Å². The van der Waals surface area contributed by atoms with Crippen molar-refractivity contribution in [3.8, 4) is 0 Å². The number of nitrogens with zero attached hydrogens (tertiary/aromatic N) is 4. The van der Waals surface area contributed by atoms with Crippen LogP contribution < -0.4 is 5.32 Å². The molecule has 0 spiro atoms. The third-order valence-electron chi connectivity index (χ3n) is 6.87. The Morgan fingerprint density at radius 3 is 2.42 bits per heavy atom. The lowest BCUT2D eigenvalue weighted by Crippen LogP contribution is -2.56. The molecule has 0 radical (unpaired) electrons. The van der Waals surface area contributed by atoms with Gasteiger partial charge in [0.2, 0.25) is 11.8 Å². The maximum atomic E-state index is 13.1. The number of carbonyl (C=O) groups is 2. The first-order chi connectivity index (χ1) is 16.0. The molecule has 2 saturated heterocycles.